The molecule has 0 atom stereocenters. The van der Waals surface area contributed by atoms with Crippen LogP contribution in [-0.2, 0) is 0 Å². The van der Waals surface area contributed by atoms with Crippen molar-refractivity contribution in [3.05, 3.63) is 0 Å². The molecule has 0 unspecified atom stereocenters. The Kier molecular flexibility index (Phi) is 19.6. The van der Waals surface area contributed by atoms with Crippen molar-refractivity contribution < 1.29 is 0 Å². The topological polar surface area (TPSA) is 53.3 Å². The van der Waals surface area contributed by atoms with E-state index < -0.39 is 0 Å². The van der Waals surface area contributed by atoms with E-state index in [0.29, 0.717) is 0 Å². The van der Waals surface area contributed by atoms with Crippen LogP contribution in [0.15, 0.2) is 0 Å². The third kappa shape index (κ3) is 23.6. The number of hydrogen-bond donors (Lipinski definition) is 3. The average Bonchev–Trinajstić information content (AvgIpc) is 2.25. The molecule has 0 heterocycles. The van der Waals surface area contributed by atoms with Crippen molar-refractivity contribution in [2.45, 2.75) is 25.7 Å². The Bertz CT molecular complexity index is 101. The first-order valence-electron chi connectivity index (χ1n) is 6.33. The van der Waals surface area contributed by atoms with Crippen LogP contribution >= 0.6 is 0 Å². The second kappa shape index (κ2) is 17.2. The first kappa shape index (κ1) is 18.2. The van der Waals surface area contributed by atoms with Gasteiger partial charge in [-0.25, -0.2) is 0 Å². The predicted molar refractivity (Wildman–Crippen MR) is 73.9 cm³/mol. The summed E-state index contributed by atoms with van der Waals surface area (Å²) in [7, 11) is 8.13. The zero-order valence-electron chi connectivity index (χ0n) is 11.7. The van der Waals surface area contributed by atoms with Crippen LogP contribution in [0.3, 0.4) is 0 Å². The van der Waals surface area contributed by atoms with Crippen LogP contribution in [0.5, 0.6) is 0 Å². The van der Waals surface area contributed by atoms with Crippen LogP contribution < -0.4 is 16.4 Å². The Balaban J connectivity index is 0. The summed E-state index contributed by atoms with van der Waals surface area (Å²) in [4.78, 5) is 2.18. The summed E-state index contributed by atoms with van der Waals surface area (Å²) in [5.74, 6) is 0. The number of nitrogens with two attached hydrogens (primary N) is 1. The smallest absolute Gasteiger partial charge is 0.00244 e. The maximum atomic E-state index is 5.30. The van der Waals surface area contributed by atoms with E-state index in [1.807, 2.05) is 14.1 Å². The molecule has 0 spiro atoms. The lowest BCUT2D eigenvalue weighted by Gasteiger charge is -2.06. The quantitative estimate of drug-likeness (QED) is 0.507. The average molecular weight is 232 g/mol. The molecule has 4 heteroatoms. The molecule has 0 aliphatic carbocycles. The molecule has 4 N–H and O–H groups in total. The van der Waals surface area contributed by atoms with Crippen molar-refractivity contribution in [2.24, 2.45) is 5.73 Å². The zero-order valence-corrected chi connectivity index (χ0v) is 11.7. The van der Waals surface area contributed by atoms with Gasteiger partial charge in [-0.3, -0.25) is 0 Å². The third-order valence-electron chi connectivity index (χ3n) is 2.16. The first-order valence-corrected chi connectivity index (χ1v) is 6.33. The van der Waals surface area contributed by atoms with Gasteiger partial charge in [0.1, 0.15) is 0 Å². The molecule has 16 heavy (non-hydrogen) atoms. The number of rotatable bonds is 9. The molecule has 100 valence electrons. The van der Waals surface area contributed by atoms with E-state index in [2.05, 4.69) is 29.6 Å². The highest BCUT2D eigenvalue weighted by molar-refractivity contribution is 4.44. The molecule has 0 rings (SSSR count). The summed E-state index contributed by atoms with van der Waals surface area (Å²) in [5.41, 5.74) is 5.30. The zero-order chi connectivity index (χ0) is 12.6. The number of nitrogens with zero attached hydrogens (tertiary/aromatic N) is 1. The van der Waals surface area contributed by atoms with E-state index in [0.717, 1.165) is 32.6 Å². The third-order valence-corrected chi connectivity index (χ3v) is 2.16. The fraction of sp³-hybridized carbons (Fsp3) is 1.00. The van der Waals surface area contributed by atoms with Gasteiger partial charge in [0, 0.05) is 0 Å². The summed E-state index contributed by atoms with van der Waals surface area (Å²) in [6.45, 7) is 4.27. The molecule has 0 bridgehead atoms. The van der Waals surface area contributed by atoms with Crippen molar-refractivity contribution in [1.29, 1.82) is 0 Å². The lowest BCUT2D eigenvalue weighted by Crippen LogP contribution is -2.14. The van der Waals surface area contributed by atoms with Crippen LogP contribution in [-0.4, -0.2) is 59.3 Å². The Labute approximate surface area is 102 Å². The normalized spacial score (nSPS) is 10.1. The lowest BCUT2D eigenvalue weighted by atomic mass is 10.3. The Morgan fingerprint density at radius 2 is 1.38 bits per heavy atom. The van der Waals surface area contributed by atoms with Crippen molar-refractivity contribution in [2.75, 3.05) is 54.4 Å². The van der Waals surface area contributed by atoms with E-state index in [1.165, 1.54) is 19.3 Å². The minimum Gasteiger partial charge on any atom is -0.330 e. The van der Waals surface area contributed by atoms with Gasteiger partial charge < -0.3 is 21.3 Å². The van der Waals surface area contributed by atoms with E-state index >= 15 is 0 Å². The summed E-state index contributed by atoms with van der Waals surface area (Å²) in [6.07, 6.45) is 4.93. The predicted octanol–water partition coefficient (Wildman–Crippen LogP) is 0.492. The van der Waals surface area contributed by atoms with Crippen molar-refractivity contribution >= 4 is 0 Å². The van der Waals surface area contributed by atoms with Crippen LogP contribution in [0.4, 0.5) is 0 Å². The second-order valence-electron chi connectivity index (χ2n) is 4.21. The first-order chi connectivity index (χ1) is 7.68. The molecule has 0 fully saturated rings. The minimum absolute atomic E-state index is 0.827. The highest BCUT2D eigenvalue weighted by Gasteiger charge is 1.86. The van der Waals surface area contributed by atoms with Crippen LogP contribution in [0.1, 0.15) is 25.7 Å². The molecule has 0 aliphatic heterocycles. The maximum Gasteiger partial charge on any atom is -0.00244 e. The largest absolute Gasteiger partial charge is 0.330 e. The van der Waals surface area contributed by atoms with Crippen molar-refractivity contribution in [3.8, 4) is 0 Å². The fourth-order valence-electron chi connectivity index (χ4n) is 1.18. The fourth-order valence-corrected chi connectivity index (χ4v) is 1.18. The molecular formula is C12H32N4. The van der Waals surface area contributed by atoms with Crippen LogP contribution in [0, 0.1) is 0 Å². The molecule has 0 aromatic carbocycles. The molecule has 0 amide bonds. The van der Waals surface area contributed by atoms with Gasteiger partial charge in [0.25, 0.3) is 0 Å². The second-order valence-corrected chi connectivity index (χ2v) is 4.21. The monoisotopic (exact) mass is 232 g/mol. The lowest BCUT2D eigenvalue weighted by molar-refractivity contribution is 0.396. The van der Waals surface area contributed by atoms with Gasteiger partial charge in [-0.1, -0.05) is 0 Å². The Hall–Kier alpha value is -0.160. The van der Waals surface area contributed by atoms with Crippen molar-refractivity contribution in [3.63, 3.8) is 0 Å². The van der Waals surface area contributed by atoms with E-state index in [1.54, 1.807) is 0 Å². The summed E-state index contributed by atoms with van der Waals surface area (Å²) in [6, 6.07) is 0. The molecule has 0 saturated carbocycles. The highest BCUT2D eigenvalue weighted by atomic mass is 15.0. The maximum absolute atomic E-state index is 5.30. The van der Waals surface area contributed by atoms with Crippen LogP contribution in [0.2, 0.25) is 0 Å². The summed E-state index contributed by atoms with van der Waals surface area (Å²) >= 11 is 0. The van der Waals surface area contributed by atoms with E-state index in [4.69, 9.17) is 5.73 Å². The highest BCUT2D eigenvalue weighted by Crippen LogP contribution is 1.86. The molecule has 0 radical (unpaired) electrons. The van der Waals surface area contributed by atoms with Gasteiger partial charge in [-0.2, -0.15) is 0 Å². The van der Waals surface area contributed by atoms with Gasteiger partial charge >= 0.3 is 0 Å². The number of unbranched alkanes of at least 4 members (excludes halogenated alkanes) is 2. The molecule has 4 nitrogen and oxygen atoms in total. The van der Waals surface area contributed by atoms with E-state index in [-0.39, 0.29) is 0 Å². The Morgan fingerprint density at radius 1 is 0.875 bits per heavy atom. The van der Waals surface area contributed by atoms with Gasteiger partial charge in [-0.15, -0.1) is 0 Å². The number of nitrogens with one attached hydrogen (secondary N) is 2. The van der Waals surface area contributed by atoms with Gasteiger partial charge in [0.05, 0.1) is 0 Å². The molecular weight excluding hydrogens is 200 g/mol. The van der Waals surface area contributed by atoms with Gasteiger partial charge in [0.2, 0.25) is 0 Å². The van der Waals surface area contributed by atoms with Gasteiger partial charge in [-0.05, 0) is 80.1 Å². The molecule has 0 aromatic rings. The minimum atomic E-state index is 0.827. The summed E-state index contributed by atoms with van der Waals surface area (Å²) < 4.78 is 0. The number of hydrogen-bond acceptors (Lipinski definition) is 4. The van der Waals surface area contributed by atoms with Gasteiger partial charge in [0.15, 0.2) is 0 Å². The molecule has 0 saturated heterocycles. The summed E-state index contributed by atoms with van der Waals surface area (Å²) in [5, 5.41) is 6.20. The van der Waals surface area contributed by atoms with Crippen LogP contribution in [0.25, 0.3) is 0 Å². The molecule has 0 aliphatic rings. The van der Waals surface area contributed by atoms with E-state index in [9.17, 15) is 0 Å². The van der Waals surface area contributed by atoms with Crippen molar-refractivity contribution in [1.82, 2.24) is 15.5 Å². The standard InChI is InChI=1S/2C6H16N2/c1-8(2)6-4-3-5-7;1-7-5-3-4-6-8-2/h3-7H2,1-2H3;7-8H,3-6H2,1-2H3. The SMILES string of the molecule is CN(C)CCCCN.CNCCCCNC. The molecule has 0 aromatic heterocycles. The Morgan fingerprint density at radius 3 is 1.69 bits per heavy atom.